The van der Waals surface area contributed by atoms with Crippen LogP contribution in [-0.2, 0) is 15.6 Å². The lowest BCUT2D eigenvalue weighted by Gasteiger charge is -2.26. The number of nitrogens with one attached hydrogen (secondary N) is 3. The van der Waals surface area contributed by atoms with Crippen LogP contribution in [0.25, 0.3) is 11.4 Å². The van der Waals surface area contributed by atoms with Crippen molar-refractivity contribution < 1.29 is 18.3 Å². The van der Waals surface area contributed by atoms with Crippen LogP contribution in [0.3, 0.4) is 0 Å². The summed E-state index contributed by atoms with van der Waals surface area (Å²) in [6.45, 7) is 0.152. The van der Waals surface area contributed by atoms with Crippen molar-refractivity contribution in [3.8, 4) is 11.4 Å². The zero-order valence-electron chi connectivity index (χ0n) is 18.4. The molecule has 0 unspecified atom stereocenters. The molecule has 0 saturated heterocycles. The zero-order chi connectivity index (χ0) is 24.0. The number of amides is 2. The molecule has 0 radical (unpaired) electrons. The Hall–Kier alpha value is -3.57. The Labute approximate surface area is 197 Å². The summed E-state index contributed by atoms with van der Waals surface area (Å²) in [7, 11) is -3.64. The molecule has 2 aromatic heterocycles. The third-order valence-corrected chi connectivity index (χ3v) is 7.05. The predicted molar refractivity (Wildman–Crippen MR) is 128 cm³/mol. The quantitative estimate of drug-likeness (QED) is 0.364. The molecule has 2 amide bonds. The van der Waals surface area contributed by atoms with Gasteiger partial charge in [0.25, 0.3) is 0 Å². The van der Waals surface area contributed by atoms with E-state index in [2.05, 4.69) is 30.9 Å². The molecule has 4 rings (SSSR count). The Kier molecular flexibility index (Phi) is 7.33. The largest absolute Gasteiger partial charge is 0.395 e. The van der Waals surface area contributed by atoms with E-state index in [1.807, 2.05) is 0 Å². The minimum Gasteiger partial charge on any atom is -0.395 e. The fraction of sp³-hybridized carbons (Fsp3) is 0.304. The van der Waals surface area contributed by atoms with Gasteiger partial charge in [-0.15, -0.1) is 0 Å². The number of aliphatic hydroxyl groups is 1. The summed E-state index contributed by atoms with van der Waals surface area (Å²) in [6, 6.07) is 11.4. The van der Waals surface area contributed by atoms with Crippen LogP contribution in [0.5, 0.6) is 0 Å². The third-order valence-electron chi connectivity index (χ3n) is 5.39. The molecule has 34 heavy (non-hydrogen) atoms. The molecule has 11 heteroatoms. The number of hydrogen-bond acceptors (Lipinski definition) is 8. The van der Waals surface area contributed by atoms with Gasteiger partial charge >= 0.3 is 6.03 Å². The SMILES string of the molecule is O=C(Nc1ccc(-c2nc(CS(=O)(=O)c3ccncc3)cc(NCCO)n2)cc1)NC1CCC1. The topological polar surface area (TPSA) is 146 Å². The van der Waals surface area contributed by atoms with Crippen LogP contribution in [-0.4, -0.2) is 53.7 Å². The van der Waals surface area contributed by atoms with Gasteiger partial charge in [0, 0.05) is 42.3 Å². The van der Waals surface area contributed by atoms with Crippen molar-refractivity contribution in [3.63, 3.8) is 0 Å². The van der Waals surface area contributed by atoms with Gasteiger partial charge in [0.1, 0.15) is 5.82 Å². The molecule has 0 aliphatic heterocycles. The average molecular weight is 483 g/mol. The highest BCUT2D eigenvalue weighted by Gasteiger charge is 2.20. The second-order valence-electron chi connectivity index (χ2n) is 7.96. The molecule has 10 nitrogen and oxygen atoms in total. The van der Waals surface area contributed by atoms with Gasteiger partial charge < -0.3 is 21.1 Å². The monoisotopic (exact) mass is 482 g/mol. The van der Waals surface area contributed by atoms with Gasteiger partial charge in [0.15, 0.2) is 15.7 Å². The van der Waals surface area contributed by atoms with Gasteiger partial charge in [-0.25, -0.2) is 23.2 Å². The summed E-state index contributed by atoms with van der Waals surface area (Å²) < 4.78 is 25.7. The molecule has 0 spiro atoms. The van der Waals surface area contributed by atoms with Gasteiger partial charge in [-0.05, 0) is 55.7 Å². The second-order valence-corrected chi connectivity index (χ2v) is 9.95. The molecule has 2 heterocycles. The van der Waals surface area contributed by atoms with Gasteiger partial charge in [0.2, 0.25) is 0 Å². The zero-order valence-corrected chi connectivity index (χ0v) is 19.3. The Morgan fingerprint density at radius 3 is 2.44 bits per heavy atom. The molecule has 4 N–H and O–H groups in total. The Morgan fingerprint density at radius 2 is 1.79 bits per heavy atom. The second kappa shape index (κ2) is 10.6. The normalized spacial score (nSPS) is 13.7. The molecule has 1 fully saturated rings. The van der Waals surface area contributed by atoms with Crippen LogP contribution in [0.1, 0.15) is 25.0 Å². The minimum absolute atomic E-state index is 0.104. The van der Waals surface area contributed by atoms with E-state index in [-0.39, 0.29) is 35.9 Å². The number of urea groups is 1. The number of pyridine rings is 1. The summed E-state index contributed by atoms with van der Waals surface area (Å²) in [5, 5.41) is 17.8. The lowest BCUT2D eigenvalue weighted by atomic mass is 9.93. The number of aromatic nitrogens is 3. The molecule has 1 saturated carbocycles. The van der Waals surface area contributed by atoms with Gasteiger partial charge in [-0.1, -0.05) is 0 Å². The van der Waals surface area contributed by atoms with Crippen molar-refractivity contribution >= 4 is 27.4 Å². The van der Waals surface area contributed by atoms with Gasteiger partial charge in [-0.2, -0.15) is 0 Å². The fourth-order valence-corrected chi connectivity index (χ4v) is 4.65. The van der Waals surface area contributed by atoms with Crippen LogP contribution in [0.4, 0.5) is 16.3 Å². The molecule has 3 aromatic rings. The first kappa shape index (κ1) is 23.6. The molecular formula is C23H26N6O4S. The first-order valence-electron chi connectivity index (χ1n) is 11.0. The van der Waals surface area contributed by atoms with Crippen molar-refractivity contribution in [3.05, 3.63) is 60.6 Å². The van der Waals surface area contributed by atoms with Crippen molar-refractivity contribution in [2.24, 2.45) is 0 Å². The van der Waals surface area contributed by atoms with Crippen LogP contribution in [0.2, 0.25) is 0 Å². The minimum atomic E-state index is -3.64. The number of benzene rings is 1. The Balaban J connectivity index is 1.55. The summed E-state index contributed by atoms with van der Waals surface area (Å²) in [6.07, 6.45) is 5.99. The first-order valence-corrected chi connectivity index (χ1v) is 12.6. The highest BCUT2D eigenvalue weighted by atomic mass is 32.2. The van der Waals surface area contributed by atoms with E-state index in [0.717, 1.165) is 19.3 Å². The van der Waals surface area contributed by atoms with Crippen molar-refractivity contribution in [1.82, 2.24) is 20.3 Å². The number of nitrogens with zero attached hydrogens (tertiary/aromatic N) is 3. The van der Waals surface area contributed by atoms with Crippen molar-refractivity contribution in [2.75, 3.05) is 23.8 Å². The smallest absolute Gasteiger partial charge is 0.319 e. The van der Waals surface area contributed by atoms with Gasteiger partial charge in [0.05, 0.1) is 22.9 Å². The number of anilines is 2. The predicted octanol–water partition coefficient (Wildman–Crippen LogP) is 2.59. The van der Waals surface area contributed by atoms with Crippen molar-refractivity contribution in [1.29, 1.82) is 0 Å². The summed E-state index contributed by atoms with van der Waals surface area (Å²) in [5.41, 5.74) is 1.58. The lowest BCUT2D eigenvalue weighted by Crippen LogP contribution is -2.41. The maximum atomic E-state index is 12.8. The van der Waals surface area contributed by atoms with E-state index < -0.39 is 9.84 Å². The molecule has 0 bridgehead atoms. The molecule has 1 aromatic carbocycles. The van der Waals surface area contributed by atoms with E-state index in [0.29, 0.717) is 28.6 Å². The van der Waals surface area contributed by atoms with E-state index in [9.17, 15) is 13.2 Å². The lowest BCUT2D eigenvalue weighted by molar-refractivity contribution is 0.240. The molecule has 0 atom stereocenters. The van der Waals surface area contributed by atoms with Crippen LogP contribution < -0.4 is 16.0 Å². The Bertz CT molecular complexity index is 1230. The molecule has 1 aliphatic carbocycles. The fourth-order valence-electron chi connectivity index (χ4n) is 3.41. The maximum absolute atomic E-state index is 12.8. The van der Waals surface area contributed by atoms with Crippen LogP contribution in [0, 0.1) is 0 Å². The standard InChI is InChI=1S/C23H26N6O4S/c30-13-12-25-21-14-19(15-34(32,33)20-8-10-24-11-9-20)26-22(29-21)16-4-6-18(7-5-16)28-23(31)27-17-2-1-3-17/h4-11,14,17,30H,1-3,12-13,15H2,(H,25,26,29)(H2,27,28,31). The summed E-state index contributed by atoms with van der Waals surface area (Å²) in [4.78, 5) is 25.0. The van der Waals surface area contributed by atoms with Crippen LogP contribution >= 0.6 is 0 Å². The van der Waals surface area contributed by atoms with Crippen molar-refractivity contribution in [2.45, 2.75) is 36.0 Å². The summed E-state index contributed by atoms with van der Waals surface area (Å²) in [5.74, 6) is 0.413. The van der Waals surface area contributed by atoms with E-state index in [4.69, 9.17) is 5.11 Å². The number of aliphatic hydroxyl groups excluding tert-OH is 1. The number of carbonyl (C=O) groups excluding carboxylic acids is 1. The van der Waals surface area contributed by atoms with Gasteiger partial charge in [-0.3, -0.25) is 4.98 Å². The highest BCUT2D eigenvalue weighted by molar-refractivity contribution is 7.90. The number of rotatable bonds is 9. The third kappa shape index (κ3) is 6.06. The molecular weight excluding hydrogens is 456 g/mol. The van der Waals surface area contributed by atoms with E-state index >= 15 is 0 Å². The maximum Gasteiger partial charge on any atom is 0.319 e. The highest BCUT2D eigenvalue weighted by Crippen LogP contribution is 2.23. The first-order chi connectivity index (χ1) is 16.4. The summed E-state index contributed by atoms with van der Waals surface area (Å²) >= 11 is 0. The number of hydrogen-bond donors (Lipinski definition) is 4. The average Bonchev–Trinajstić information content (AvgIpc) is 2.81. The molecule has 1 aliphatic rings. The van der Waals surface area contributed by atoms with E-state index in [1.165, 1.54) is 24.5 Å². The Morgan fingerprint density at radius 1 is 1.06 bits per heavy atom. The molecule has 178 valence electrons. The van der Waals surface area contributed by atoms with E-state index in [1.54, 1.807) is 30.3 Å². The van der Waals surface area contributed by atoms with Crippen LogP contribution in [0.15, 0.2) is 59.8 Å². The number of carbonyl (C=O) groups is 1. The number of sulfone groups is 1.